The lowest BCUT2D eigenvalue weighted by Crippen LogP contribution is -2.39. The number of esters is 1. The van der Waals surface area contributed by atoms with E-state index < -0.39 is 5.60 Å². The lowest BCUT2D eigenvalue weighted by molar-refractivity contribution is -0.159. The third kappa shape index (κ3) is 5.71. The van der Waals surface area contributed by atoms with E-state index in [1.54, 1.807) is 4.90 Å². The minimum absolute atomic E-state index is 0.0792. The molecule has 0 bridgehead atoms. The molecular formula is C13H23NO3. The predicted octanol–water partition coefficient (Wildman–Crippen LogP) is 2.12. The number of carbonyl (C=O) groups excluding carboxylic acids is 2. The first-order valence-electron chi connectivity index (χ1n) is 6.38. The summed E-state index contributed by atoms with van der Waals surface area (Å²) in [4.78, 5) is 25.1. The number of amides is 1. The van der Waals surface area contributed by atoms with Crippen molar-refractivity contribution in [3.63, 3.8) is 0 Å². The van der Waals surface area contributed by atoms with Crippen LogP contribution in [-0.2, 0) is 14.3 Å². The van der Waals surface area contributed by atoms with Crippen molar-refractivity contribution < 1.29 is 14.3 Å². The molecule has 98 valence electrons. The van der Waals surface area contributed by atoms with Crippen LogP contribution in [0.3, 0.4) is 0 Å². The van der Waals surface area contributed by atoms with Crippen LogP contribution in [0.15, 0.2) is 0 Å². The molecule has 0 aromatic heterocycles. The van der Waals surface area contributed by atoms with E-state index in [9.17, 15) is 9.59 Å². The SMILES string of the molecule is CC(C)(C)OC(=O)CN1CCCCCCC1=O. The zero-order valence-corrected chi connectivity index (χ0v) is 11.1. The smallest absolute Gasteiger partial charge is 0.326 e. The van der Waals surface area contributed by atoms with Crippen LogP contribution in [0.25, 0.3) is 0 Å². The first kappa shape index (κ1) is 14.0. The number of likely N-dealkylation sites (tertiary alicyclic amines) is 1. The van der Waals surface area contributed by atoms with Gasteiger partial charge in [0, 0.05) is 13.0 Å². The second-order valence-electron chi connectivity index (χ2n) is 5.57. The molecule has 0 aromatic carbocycles. The average Bonchev–Trinajstić information content (AvgIpc) is 2.15. The normalized spacial score (nSPS) is 18.5. The van der Waals surface area contributed by atoms with Crippen molar-refractivity contribution in [3.8, 4) is 0 Å². The van der Waals surface area contributed by atoms with Crippen molar-refractivity contribution in [2.24, 2.45) is 0 Å². The summed E-state index contributed by atoms with van der Waals surface area (Å²) in [5, 5.41) is 0. The van der Waals surface area contributed by atoms with E-state index in [0.717, 1.165) is 25.7 Å². The fourth-order valence-electron chi connectivity index (χ4n) is 1.91. The molecule has 1 amide bonds. The van der Waals surface area contributed by atoms with Gasteiger partial charge in [0.25, 0.3) is 0 Å². The maximum atomic E-state index is 11.8. The monoisotopic (exact) mass is 241 g/mol. The Bertz CT molecular complexity index is 281. The summed E-state index contributed by atoms with van der Waals surface area (Å²) in [5.41, 5.74) is -0.483. The van der Waals surface area contributed by atoms with Crippen LogP contribution in [0.4, 0.5) is 0 Å². The Hall–Kier alpha value is -1.06. The van der Waals surface area contributed by atoms with Gasteiger partial charge in [0.05, 0.1) is 0 Å². The number of nitrogens with zero attached hydrogens (tertiary/aromatic N) is 1. The maximum absolute atomic E-state index is 11.8. The van der Waals surface area contributed by atoms with E-state index in [2.05, 4.69) is 0 Å². The summed E-state index contributed by atoms with van der Waals surface area (Å²) in [6.07, 6.45) is 4.73. The molecular weight excluding hydrogens is 218 g/mol. The van der Waals surface area contributed by atoms with Crippen LogP contribution in [0, 0.1) is 0 Å². The second-order valence-corrected chi connectivity index (χ2v) is 5.57. The van der Waals surface area contributed by atoms with E-state index in [-0.39, 0.29) is 18.4 Å². The molecule has 0 radical (unpaired) electrons. The molecule has 4 heteroatoms. The summed E-state index contributed by atoms with van der Waals surface area (Å²) in [7, 11) is 0. The number of hydrogen-bond acceptors (Lipinski definition) is 3. The maximum Gasteiger partial charge on any atom is 0.326 e. The topological polar surface area (TPSA) is 46.6 Å². The van der Waals surface area contributed by atoms with Gasteiger partial charge in [0.1, 0.15) is 12.1 Å². The third-order valence-electron chi connectivity index (χ3n) is 2.66. The number of rotatable bonds is 2. The van der Waals surface area contributed by atoms with Gasteiger partial charge in [-0.25, -0.2) is 0 Å². The van der Waals surface area contributed by atoms with E-state index in [1.807, 2.05) is 20.8 Å². The van der Waals surface area contributed by atoms with Crippen LogP contribution >= 0.6 is 0 Å². The Morgan fingerprint density at radius 2 is 1.88 bits per heavy atom. The summed E-state index contributed by atoms with van der Waals surface area (Å²) in [6, 6.07) is 0. The molecule has 0 N–H and O–H groups in total. The van der Waals surface area contributed by atoms with Crippen molar-refractivity contribution in [1.82, 2.24) is 4.90 Å². The standard InChI is InChI=1S/C13H23NO3/c1-13(2,3)17-12(16)10-14-9-7-5-4-6-8-11(14)15/h4-10H2,1-3H3. The summed E-state index contributed by atoms with van der Waals surface area (Å²) in [6.45, 7) is 6.27. The van der Waals surface area contributed by atoms with Gasteiger partial charge in [-0.2, -0.15) is 0 Å². The van der Waals surface area contributed by atoms with Crippen LogP contribution < -0.4 is 0 Å². The second kappa shape index (κ2) is 6.03. The van der Waals surface area contributed by atoms with Crippen molar-refractivity contribution in [1.29, 1.82) is 0 Å². The fourth-order valence-corrected chi connectivity index (χ4v) is 1.91. The van der Waals surface area contributed by atoms with E-state index in [1.165, 1.54) is 0 Å². The minimum Gasteiger partial charge on any atom is -0.459 e. The van der Waals surface area contributed by atoms with E-state index in [4.69, 9.17) is 4.74 Å². The zero-order chi connectivity index (χ0) is 12.9. The van der Waals surface area contributed by atoms with Crippen molar-refractivity contribution >= 4 is 11.9 Å². The quantitative estimate of drug-likeness (QED) is 0.696. The largest absolute Gasteiger partial charge is 0.459 e. The Kier molecular flexibility index (Phi) is 4.97. The van der Waals surface area contributed by atoms with Crippen molar-refractivity contribution in [2.75, 3.05) is 13.1 Å². The Balaban J connectivity index is 2.47. The van der Waals surface area contributed by atoms with Gasteiger partial charge < -0.3 is 9.64 Å². The van der Waals surface area contributed by atoms with E-state index >= 15 is 0 Å². The number of carbonyl (C=O) groups is 2. The van der Waals surface area contributed by atoms with Crippen LogP contribution in [0.1, 0.15) is 52.9 Å². The van der Waals surface area contributed by atoms with Gasteiger partial charge in [0.2, 0.25) is 5.91 Å². The van der Waals surface area contributed by atoms with Gasteiger partial charge in [0.15, 0.2) is 0 Å². The van der Waals surface area contributed by atoms with Gasteiger partial charge in [-0.05, 0) is 33.6 Å². The van der Waals surface area contributed by atoms with E-state index in [0.29, 0.717) is 13.0 Å². The molecule has 0 saturated carbocycles. The highest BCUT2D eigenvalue weighted by atomic mass is 16.6. The third-order valence-corrected chi connectivity index (χ3v) is 2.66. The Morgan fingerprint density at radius 3 is 2.53 bits per heavy atom. The molecule has 1 heterocycles. The molecule has 17 heavy (non-hydrogen) atoms. The molecule has 1 saturated heterocycles. The number of ether oxygens (including phenoxy) is 1. The zero-order valence-electron chi connectivity index (χ0n) is 11.1. The molecule has 1 aliphatic heterocycles. The predicted molar refractivity (Wildman–Crippen MR) is 65.5 cm³/mol. The van der Waals surface area contributed by atoms with Gasteiger partial charge in [-0.15, -0.1) is 0 Å². The van der Waals surface area contributed by atoms with Crippen molar-refractivity contribution in [2.45, 2.75) is 58.5 Å². The van der Waals surface area contributed by atoms with Crippen LogP contribution in [-0.4, -0.2) is 35.5 Å². The first-order valence-corrected chi connectivity index (χ1v) is 6.38. The highest BCUT2D eigenvalue weighted by Gasteiger charge is 2.22. The highest BCUT2D eigenvalue weighted by Crippen LogP contribution is 2.13. The summed E-state index contributed by atoms with van der Waals surface area (Å²) >= 11 is 0. The van der Waals surface area contributed by atoms with Crippen LogP contribution in [0.5, 0.6) is 0 Å². The highest BCUT2D eigenvalue weighted by molar-refractivity contribution is 5.82. The molecule has 0 spiro atoms. The summed E-state index contributed by atoms with van der Waals surface area (Å²) < 4.78 is 5.23. The Morgan fingerprint density at radius 1 is 1.24 bits per heavy atom. The Labute approximate surface area is 103 Å². The summed E-state index contributed by atoms with van der Waals surface area (Å²) in [5.74, 6) is -0.234. The van der Waals surface area contributed by atoms with Crippen molar-refractivity contribution in [3.05, 3.63) is 0 Å². The van der Waals surface area contributed by atoms with Crippen LogP contribution in [0.2, 0.25) is 0 Å². The fraction of sp³-hybridized carbons (Fsp3) is 0.846. The molecule has 4 nitrogen and oxygen atoms in total. The average molecular weight is 241 g/mol. The molecule has 1 rings (SSSR count). The molecule has 1 fully saturated rings. The number of hydrogen-bond donors (Lipinski definition) is 0. The molecule has 0 aromatic rings. The molecule has 1 aliphatic rings. The molecule has 0 unspecified atom stereocenters. The minimum atomic E-state index is -0.483. The van der Waals surface area contributed by atoms with Gasteiger partial charge in [-0.1, -0.05) is 12.8 Å². The lowest BCUT2D eigenvalue weighted by Gasteiger charge is -2.26. The van der Waals surface area contributed by atoms with Gasteiger partial charge >= 0.3 is 5.97 Å². The first-order chi connectivity index (χ1) is 7.88. The van der Waals surface area contributed by atoms with Gasteiger partial charge in [-0.3, -0.25) is 9.59 Å². The lowest BCUT2D eigenvalue weighted by atomic mass is 10.1. The molecule has 0 atom stereocenters. The molecule has 0 aliphatic carbocycles.